The lowest BCUT2D eigenvalue weighted by Gasteiger charge is -2.30. The van der Waals surface area contributed by atoms with E-state index in [4.69, 9.17) is 0 Å². The summed E-state index contributed by atoms with van der Waals surface area (Å²) in [4.78, 5) is 30.1. The van der Waals surface area contributed by atoms with Crippen LogP contribution in [0.5, 0.6) is 0 Å². The molecule has 0 bridgehead atoms. The SMILES string of the molecule is CCN(CC)CCN1C(=O)c2ccccc2C1C(=O)NC1CCCCC1. The van der Waals surface area contributed by atoms with Crippen molar-refractivity contribution in [3.8, 4) is 0 Å². The van der Waals surface area contributed by atoms with E-state index in [1.807, 2.05) is 24.3 Å². The summed E-state index contributed by atoms with van der Waals surface area (Å²) in [6.45, 7) is 7.52. The maximum Gasteiger partial charge on any atom is 0.255 e. The molecule has 0 radical (unpaired) electrons. The van der Waals surface area contributed by atoms with Crippen molar-refractivity contribution < 1.29 is 9.59 Å². The summed E-state index contributed by atoms with van der Waals surface area (Å²) in [7, 11) is 0. The highest BCUT2D eigenvalue weighted by atomic mass is 16.2. The zero-order valence-electron chi connectivity index (χ0n) is 16.0. The number of fused-ring (bicyclic) bond motifs is 1. The normalized spacial score (nSPS) is 20.5. The van der Waals surface area contributed by atoms with Crippen molar-refractivity contribution in [1.82, 2.24) is 15.1 Å². The number of nitrogens with zero attached hydrogens (tertiary/aromatic N) is 2. The minimum atomic E-state index is -0.490. The zero-order valence-corrected chi connectivity index (χ0v) is 16.0. The van der Waals surface area contributed by atoms with Crippen LogP contribution in [0.25, 0.3) is 0 Å². The fourth-order valence-electron chi connectivity index (χ4n) is 4.20. The lowest BCUT2D eigenvalue weighted by molar-refractivity contribution is -0.126. The molecule has 1 aromatic rings. The quantitative estimate of drug-likeness (QED) is 0.816. The summed E-state index contributed by atoms with van der Waals surface area (Å²) in [5, 5.41) is 3.22. The predicted molar refractivity (Wildman–Crippen MR) is 103 cm³/mol. The Bertz CT molecular complexity index is 636. The van der Waals surface area contributed by atoms with Crippen LogP contribution in [0.15, 0.2) is 24.3 Å². The Kier molecular flexibility index (Phi) is 6.30. The number of benzene rings is 1. The second-order valence-corrected chi connectivity index (χ2v) is 7.36. The highest BCUT2D eigenvalue weighted by molar-refractivity contribution is 6.04. The standard InChI is InChI=1S/C21H31N3O2/c1-3-23(4-2)14-15-24-19(17-12-8-9-13-18(17)21(24)26)20(25)22-16-10-6-5-7-11-16/h8-9,12-13,16,19H,3-7,10-11,14-15H2,1-2H3,(H,22,25). The van der Waals surface area contributed by atoms with Crippen LogP contribution in [0.3, 0.4) is 0 Å². The number of amides is 2. The van der Waals surface area contributed by atoms with Crippen molar-refractivity contribution in [2.24, 2.45) is 0 Å². The van der Waals surface area contributed by atoms with E-state index < -0.39 is 6.04 Å². The number of hydrogen-bond acceptors (Lipinski definition) is 3. The van der Waals surface area contributed by atoms with Gasteiger partial charge in [0.05, 0.1) is 0 Å². The van der Waals surface area contributed by atoms with Crippen molar-refractivity contribution in [1.29, 1.82) is 0 Å². The first-order valence-electron chi connectivity index (χ1n) is 10.1. The lowest BCUT2D eigenvalue weighted by Crippen LogP contribution is -2.46. The number of hydrogen-bond donors (Lipinski definition) is 1. The molecule has 26 heavy (non-hydrogen) atoms. The largest absolute Gasteiger partial charge is 0.351 e. The van der Waals surface area contributed by atoms with Gasteiger partial charge in [0.25, 0.3) is 5.91 Å². The highest BCUT2D eigenvalue weighted by Gasteiger charge is 2.41. The Morgan fingerprint density at radius 3 is 2.54 bits per heavy atom. The molecular formula is C21H31N3O2. The van der Waals surface area contributed by atoms with E-state index in [1.165, 1.54) is 19.3 Å². The molecule has 1 aliphatic heterocycles. The molecule has 2 aliphatic rings. The number of rotatable bonds is 7. The molecule has 1 aromatic carbocycles. The fourth-order valence-corrected chi connectivity index (χ4v) is 4.20. The molecule has 142 valence electrons. The van der Waals surface area contributed by atoms with E-state index in [1.54, 1.807) is 4.90 Å². The van der Waals surface area contributed by atoms with Gasteiger partial charge in [-0.2, -0.15) is 0 Å². The van der Waals surface area contributed by atoms with Gasteiger partial charge in [-0.1, -0.05) is 51.3 Å². The first-order valence-corrected chi connectivity index (χ1v) is 10.1. The number of nitrogens with one attached hydrogen (secondary N) is 1. The van der Waals surface area contributed by atoms with Gasteiger partial charge < -0.3 is 15.1 Å². The van der Waals surface area contributed by atoms with Gasteiger partial charge in [-0.3, -0.25) is 9.59 Å². The van der Waals surface area contributed by atoms with Gasteiger partial charge in [-0.25, -0.2) is 0 Å². The third kappa shape index (κ3) is 3.93. The van der Waals surface area contributed by atoms with E-state index in [2.05, 4.69) is 24.1 Å². The van der Waals surface area contributed by atoms with E-state index >= 15 is 0 Å². The monoisotopic (exact) mass is 357 g/mol. The Labute approximate surface area is 156 Å². The van der Waals surface area contributed by atoms with Gasteiger partial charge in [-0.05, 0) is 37.6 Å². The van der Waals surface area contributed by atoms with E-state index in [0.717, 1.165) is 38.0 Å². The molecule has 1 unspecified atom stereocenters. The summed E-state index contributed by atoms with van der Waals surface area (Å²) in [6.07, 6.45) is 5.71. The van der Waals surface area contributed by atoms with Gasteiger partial charge in [-0.15, -0.1) is 0 Å². The van der Waals surface area contributed by atoms with Crippen LogP contribution in [-0.4, -0.2) is 53.8 Å². The van der Waals surface area contributed by atoms with Crippen LogP contribution in [0, 0.1) is 0 Å². The van der Waals surface area contributed by atoms with E-state index in [-0.39, 0.29) is 17.9 Å². The fraction of sp³-hybridized carbons (Fsp3) is 0.619. The van der Waals surface area contributed by atoms with Gasteiger partial charge >= 0.3 is 0 Å². The first-order chi connectivity index (χ1) is 12.7. The molecule has 1 fully saturated rings. The second-order valence-electron chi connectivity index (χ2n) is 7.36. The Balaban J connectivity index is 1.77. The van der Waals surface area contributed by atoms with Crippen LogP contribution >= 0.6 is 0 Å². The molecule has 1 N–H and O–H groups in total. The third-order valence-electron chi connectivity index (χ3n) is 5.81. The topological polar surface area (TPSA) is 52.7 Å². The number of carbonyl (C=O) groups excluding carboxylic acids is 2. The van der Waals surface area contributed by atoms with Gasteiger partial charge in [0.15, 0.2) is 0 Å². The number of carbonyl (C=O) groups is 2. The van der Waals surface area contributed by atoms with Crippen molar-refractivity contribution in [3.63, 3.8) is 0 Å². The van der Waals surface area contributed by atoms with Gasteiger partial charge in [0.2, 0.25) is 5.91 Å². The maximum atomic E-state index is 13.1. The summed E-state index contributed by atoms with van der Waals surface area (Å²) in [6, 6.07) is 7.33. The maximum absolute atomic E-state index is 13.1. The molecule has 1 aliphatic carbocycles. The van der Waals surface area contributed by atoms with Crippen LogP contribution in [0.4, 0.5) is 0 Å². The molecular weight excluding hydrogens is 326 g/mol. The van der Waals surface area contributed by atoms with Crippen molar-refractivity contribution in [2.45, 2.75) is 58.0 Å². The molecule has 1 heterocycles. The molecule has 2 amide bonds. The lowest BCUT2D eigenvalue weighted by atomic mass is 9.95. The average Bonchev–Trinajstić information content (AvgIpc) is 2.96. The van der Waals surface area contributed by atoms with Gasteiger partial charge in [0, 0.05) is 24.7 Å². The smallest absolute Gasteiger partial charge is 0.255 e. The predicted octanol–water partition coefficient (Wildman–Crippen LogP) is 2.97. The Morgan fingerprint density at radius 1 is 1.15 bits per heavy atom. The first kappa shape index (κ1) is 18.9. The molecule has 0 saturated heterocycles. The summed E-state index contributed by atoms with van der Waals surface area (Å²) in [5.74, 6) is -0.0358. The Morgan fingerprint density at radius 2 is 1.85 bits per heavy atom. The summed E-state index contributed by atoms with van der Waals surface area (Å²) < 4.78 is 0. The minimum Gasteiger partial charge on any atom is -0.351 e. The van der Waals surface area contributed by atoms with E-state index in [0.29, 0.717) is 12.1 Å². The second kappa shape index (κ2) is 8.67. The van der Waals surface area contributed by atoms with Gasteiger partial charge in [0.1, 0.15) is 6.04 Å². The van der Waals surface area contributed by atoms with Crippen molar-refractivity contribution in [2.75, 3.05) is 26.2 Å². The molecule has 1 saturated carbocycles. The summed E-state index contributed by atoms with van der Waals surface area (Å²) >= 11 is 0. The molecule has 3 rings (SSSR count). The Hall–Kier alpha value is -1.88. The molecule has 0 aromatic heterocycles. The average molecular weight is 357 g/mol. The van der Waals surface area contributed by atoms with Crippen LogP contribution in [-0.2, 0) is 4.79 Å². The van der Waals surface area contributed by atoms with Crippen LogP contribution < -0.4 is 5.32 Å². The van der Waals surface area contributed by atoms with Crippen molar-refractivity contribution in [3.05, 3.63) is 35.4 Å². The minimum absolute atomic E-state index is 0.0171. The molecule has 0 spiro atoms. The molecule has 5 heteroatoms. The van der Waals surface area contributed by atoms with Crippen molar-refractivity contribution >= 4 is 11.8 Å². The molecule has 5 nitrogen and oxygen atoms in total. The van der Waals surface area contributed by atoms with Crippen LogP contribution in [0.1, 0.15) is 67.9 Å². The highest BCUT2D eigenvalue weighted by Crippen LogP contribution is 2.34. The number of likely N-dealkylation sites (N-methyl/N-ethyl adjacent to an activating group) is 1. The molecule has 1 atom stereocenters. The zero-order chi connectivity index (χ0) is 18.5. The third-order valence-corrected chi connectivity index (χ3v) is 5.81. The summed E-state index contributed by atoms with van der Waals surface area (Å²) in [5.41, 5.74) is 1.53. The van der Waals surface area contributed by atoms with E-state index in [9.17, 15) is 9.59 Å². The van der Waals surface area contributed by atoms with Crippen LogP contribution in [0.2, 0.25) is 0 Å².